The van der Waals surface area contributed by atoms with Gasteiger partial charge in [-0.3, -0.25) is 4.79 Å². The molecule has 1 atom stereocenters. The van der Waals surface area contributed by atoms with Gasteiger partial charge in [-0.1, -0.05) is 51.0 Å². The molecular weight excluding hydrogens is 340 g/mol. The maximum Gasteiger partial charge on any atom is 0.338 e. The third-order valence-electron chi connectivity index (χ3n) is 4.41. The van der Waals surface area contributed by atoms with Gasteiger partial charge >= 0.3 is 11.9 Å². The Hall–Kier alpha value is -2.62. The highest BCUT2D eigenvalue weighted by atomic mass is 16.5. The van der Waals surface area contributed by atoms with Crippen molar-refractivity contribution in [2.75, 3.05) is 0 Å². The predicted octanol–water partition coefficient (Wildman–Crippen LogP) is 5.79. The Balaban J connectivity index is 1.96. The molecule has 2 aromatic carbocycles. The fourth-order valence-corrected chi connectivity index (χ4v) is 2.55. The van der Waals surface area contributed by atoms with Crippen molar-refractivity contribution in [1.29, 1.82) is 0 Å². The fraction of sp³-hybridized carbons (Fsp3) is 0.391. The maximum atomic E-state index is 12.0. The van der Waals surface area contributed by atoms with Crippen LogP contribution in [-0.2, 0) is 9.53 Å². The zero-order valence-corrected chi connectivity index (χ0v) is 16.4. The van der Waals surface area contributed by atoms with Crippen LogP contribution in [0.1, 0.15) is 63.2 Å². The van der Waals surface area contributed by atoms with Crippen LogP contribution in [0.3, 0.4) is 0 Å². The van der Waals surface area contributed by atoms with E-state index in [2.05, 4.69) is 6.92 Å². The number of esters is 2. The van der Waals surface area contributed by atoms with Gasteiger partial charge in [-0.15, -0.1) is 0 Å². The Kier molecular flexibility index (Phi) is 8.05. The molecule has 0 aromatic heterocycles. The van der Waals surface area contributed by atoms with Crippen LogP contribution < -0.4 is 4.74 Å². The molecule has 4 nitrogen and oxygen atoms in total. The van der Waals surface area contributed by atoms with Crippen LogP contribution in [0.2, 0.25) is 0 Å². The number of carbonyl (C=O) groups is 2. The van der Waals surface area contributed by atoms with Gasteiger partial charge in [-0.25, -0.2) is 4.79 Å². The number of carbonyl (C=O) groups excluding carboxylic acids is 2. The molecule has 0 saturated carbocycles. The number of ether oxygens (including phenoxy) is 2. The summed E-state index contributed by atoms with van der Waals surface area (Å²) in [6, 6.07) is 14.7. The van der Waals surface area contributed by atoms with Crippen molar-refractivity contribution in [3.05, 3.63) is 54.1 Å². The lowest BCUT2D eigenvalue weighted by molar-refractivity contribution is -0.134. The highest BCUT2D eigenvalue weighted by Crippen LogP contribution is 2.23. The molecular formula is C23H28O4. The van der Waals surface area contributed by atoms with Gasteiger partial charge in [0, 0.05) is 6.42 Å². The van der Waals surface area contributed by atoms with Gasteiger partial charge in [0.1, 0.15) is 5.75 Å². The van der Waals surface area contributed by atoms with Crippen LogP contribution in [0.4, 0.5) is 0 Å². The first-order chi connectivity index (χ1) is 13.0. The Morgan fingerprint density at radius 1 is 0.889 bits per heavy atom. The van der Waals surface area contributed by atoms with E-state index in [0.29, 0.717) is 17.7 Å². The van der Waals surface area contributed by atoms with E-state index in [-0.39, 0.29) is 18.0 Å². The summed E-state index contributed by atoms with van der Waals surface area (Å²) in [5, 5.41) is 0. The van der Waals surface area contributed by atoms with Crippen LogP contribution in [0.15, 0.2) is 48.5 Å². The molecule has 2 aromatic rings. The summed E-state index contributed by atoms with van der Waals surface area (Å²) in [5.74, 6) is 0.0515. The number of hydrogen-bond donors (Lipinski definition) is 0. The average molecular weight is 368 g/mol. The highest BCUT2D eigenvalue weighted by Gasteiger charge is 2.11. The molecule has 0 radical (unpaired) electrons. The lowest BCUT2D eigenvalue weighted by Crippen LogP contribution is -2.13. The maximum absolute atomic E-state index is 12.0. The lowest BCUT2D eigenvalue weighted by Gasteiger charge is -2.11. The molecule has 0 aliphatic rings. The van der Waals surface area contributed by atoms with Crippen molar-refractivity contribution in [3.63, 3.8) is 0 Å². The zero-order chi connectivity index (χ0) is 19.6. The molecule has 0 fully saturated rings. The third-order valence-corrected chi connectivity index (χ3v) is 4.41. The minimum atomic E-state index is -0.304. The Morgan fingerprint density at radius 2 is 1.48 bits per heavy atom. The molecule has 0 amide bonds. The van der Waals surface area contributed by atoms with Crippen molar-refractivity contribution in [2.45, 2.75) is 59.0 Å². The Morgan fingerprint density at radius 3 is 2.04 bits per heavy atom. The molecule has 0 heterocycles. The van der Waals surface area contributed by atoms with Crippen LogP contribution in [0.25, 0.3) is 11.1 Å². The standard InChI is InChI=1S/C23H28O4/c1-4-6-7-8-22(24)27-21-15-13-19(14-16-21)18-9-11-20(12-10-18)23(25)26-17(3)5-2/h9-17H,4-8H2,1-3H3. The largest absolute Gasteiger partial charge is 0.459 e. The van der Waals surface area contributed by atoms with Crippen LogP contribution in [-0.4, -0.2) is 18.0 Å². The van der Waals surface area contributed by atoms with E-state index in [1.807, 2.05) is 38.1 Å². The van der Waals surface area contributed by atoms with E-state index in [4.69, 9.17) is 9.47 Å². The molecule has 144 valence electrons. The molecule has 0 aliphatic heterocycles. The molecule has 0 N–H and O–H groups in total. The molecule has 27 heavy (non-hydrogen) atoms. The zero-order valence-electron chi connectivity index (χ0n) is 16.4. The van der Waals surface area contributed by atoms with E-state index in [9.17, 15) is 9.59 Å². The van der Waals surface area contributed by atoms with Gasteiger partial charge in [0.25, 0.3) is 0 Å². The second-order valence-electron chi connectivity index (χ2n) is 6.66. The second-order valence-corrected chi connectivity index (χ2v) is 6.66. The quantitative estimate of drug-likeness (QED) is 0.319. The summed E-state index contributed by atoms with van der Waals surface area (Å²) in [7, 11) is 0. The highest BCUT2D eigenvalue weighted by molar-refractivity contribution is 5.90. The molecule has 0 aliphatic carbocycles. The summed E-state index contributed by atoms with van der Waals surface area (Å²) < 4.78 is 10.7. The summed E-state index contributed by atoms with van der Waals surface area (Å²) in [6.07, 6.45) is 4.13. The third kappa shape index (κ3) is 6.55. The average Bonchev–Trinajstić information content (AvgIpc) is 2.68. The summed E-state index contributed by atoms with van der Waals surface area (Å²) in [4.78, 5) is 23.8. The molecule has 4 heteroatoms. The topological polar surface area (TPSA) is 52.6 Å². The van der Waals surface area contributed by atoms with Crippen molar-refractivity contribution in [1.82, 2.24) is 0 Å². The van der Waals surface area contributed by atoms with Crippen molar-refractivity contribution >= 4 is 11.9 Å². The number of benzene rings is 2. The molecule has 0 bridgehead atoms. The monoisotopic (exact) mass is 368 g/mol. The molecule has 0 spiro atoms. The molecule has 0 saturated heterocycles. The van der Waals surface area contributed by atoms with Crippen LogP contribution >= 0.6 is 0 Å². The smallest absolute Gasteiger partial charge is 0.338 e. The van der Waals surface area contributed by atoms with E-state index in [1.165, 1.54) is 0 Å². The normalized spacial score (nSPS) is 11.7. The van der Waals surface area contributed by atoms with E-state index in [1.54, 1.807) is 24.3 Å². The van der Waals surface area contributed by atoms with Crippen LogP contribution in [0.5, 0.6) is 5.75 Å². The van der Waals surface area contributed by atoms with Gasteiger partial charge in [0.05, 0.1) is 11.7 Å². The Bertz CT molecular complexity index is 732. The van der Waals surface area contributed by atoms with E-state index in [0.717, 1.165) is 36.8 Å². The van der Waals surface area contributed by atoms with Gasteiger partial charge in [0.2, 0.25) is 0 Å². The van der Waals surface area contributed by atoms with Gasteiger partial charge in [-0.05, 0) is 55.2 Å². The molecule has 1 unspecified atom stereocenters. The number of hydrogen-bond acceptors (Lipinski definition) is 4. The number of rotatable bonds is 9. The minimum absolute atomic E-state index is 0.0885. The summed E-state index contributed by atoms with van der Waals surface area (Å²) >= 11 is 0. The lowest BCUT2D eigenvalue weighted by atomic mass is 10.0. The van der Waals surface area contributed by atoms with Crippen LogP contribution in [0, 0.1) is 0 Å². The molecule has 2 rings (SSSR count). The Labute approximate surface area is 161 Å². The van der Waals surface area contributed by atoms with Gasteiger partial charge < -0.3 is 9.47 Å². The van der Waals surface area contributed by atoms with Crippen molar-refractivity contribution < 1.29 is 19.1 Å². The first-order valence-electron chi connectivity index (χ1n) is 9.65. The van der Waals surface area contributed by atoms with Gasteiger partial charge in [0.15, 0.2) is 0 Å². The first-order valence-corrected chi connectivity index (χ1v) is 9.65. The predicted molar refractivity (Wildman–Crippen MR) is 107 cm³/mol. The number of unbranched alkanes of at least 4 members (excludes halogenated alkanes) is 2. The minimum Gasteiger partial charge on any atom is -0.459 e. The van der Waals surface area contributed by atoms with Crippen molar-refractivity contribution in [3.8, 4) is 16.9 Å². The van der Waals surface area contributed by atoms with Crippen molar-refractivity contribution in [2.24, 2.45) is 0 Å². The van der Waals surface area contributed by atoms with Gasteiger partial charge in [-0.2, -0.15) is 0 Å². The summed E-state index contributed by atoms with van der Waals surface area (Å²) in [6.45, 7) is 5.96. The SMILES string of the molecule is CCCCCC(=O)Oc1ccc(-c2ccc(C(=O)OC(C)CC)cc2)cc1. The van der Waals surface area contributed by atoms with E-state index >= 15 is 0 Å². The second kappa shape index (κ2) is 10.5. The first kappa shape index (κ1) is 20.7. The van der Waals surface area contributed by atoms with E-state index < -0.39 is 0 Å². The fourth-order valence-electron chi connectivity index (χ4n) is 2.55. The summed E-state index contributed by atoms with van der Waals surface area (Å²) in [5.41, 5.74) is 2.51.